The molecule has 0 saturated carbocycles. The number of esters is 1. The summed E-state index contributed by atoms with van der Waals surface area (Å²) >= 11 is 0. The maximum absolute atomic E-state index is 13.6. The molecule has 3 aromatic rings. The van der Waals surface area contributed by atoms with E-state index in [2.05, 4.69) is 6.07 Å². The number of likely N-dealkylation sites (tertiary alicyclic amines) is 1. The van der Waals surface area contributed by atoms with Crippen LogP contribution in [0.15, 0.2) is 60.7 Å². The van der Waals surface area contributed by atoms with Crippen LogP contribution in [0.4, 0.5) is 10.5 Å². The van der Waals surface area contributed by atoms with Crippen LogP contribution in [-0.2, 0) is 14.3 Å². The van der Waals surface area contributed by atoms with Gasteiger partial charge in [-0.15, -0.1) is 0 Å². The normalized spacial score (nSPS) is 13.8. The number of fused-ring (bicyclic) bond motifs is 1. The number of carbonyl (C=O) groups is 3. The van der Waals surface area contributed by atoms with Gasteiger partial charge in [-0.05, 0) is 87.0 Å². The van der Waals surface area contributed by atoms with Crippen molar-refractivity contribution in [1.82, 2.24) is 4.90 Å². The Kier molecular flexibility index (Phi) is 9.13. The SMILES string of the molecule is CCOC(=O)CN(C(=O)c1ccc2ccc(C#N)cc2c1)c1ccc(OC2CCN(C(=O)OC(C)(C)C)CC2)cc1. The first-order valence-corrected chi connectivity index (χ1v) is 13.7. The number of piperidine rings is 1. The molecule has 2 amide bonds. The molecule has 1 fully saturated rings. The fourth-order valence-electron chi connectivity index (χ4n) is 4.60. The molecule has 214 valence electrons. The molecular weight excluding hydrogens is 522 g/mol. The molecule has 9 nitrogen and oxygen atoms in total. The molecule has 0 spiro atoms. The summed E-state index contributed by atoms with van der Waals surface area (Å²) in [6, 6.07) is 19.6. The minimum absolute atomic E-state index is 0.0623. The minimum atomic E-state index is -0.538. The Balaban J connectivity index is 1.47. The van der Waals surface area contributed by atoms with Crippen molar-refractivity contribution in [2.24, 2.45) is 0 Å². The molecule has 0 aliphatic carbocycles. The van der Waals surface area contributed by atoms with Gasteiger partial charge >= 0.3 is 12.1 Å². The lowest BCUT2D eigenvalue weighted by Crippen LogP contribution is -2.44. The van der Waals surface area contributed by atoms with Crippen LogP contribution in [0.25, 0.3) is 10.8 Å². The summed E-state index contributed by atoms with van der Waals surface area (Å²) in [5.41, 5.74) is 0.857. The smallest absolute Gasteiger partial charge is 0.410 e. The maximum Gasteiger partial charge on any atom is 0.410 e. The van der Waals surface area contributed by atoms with Crippen LogP contribution in [0.2, 0.25) is 0 Å². The Morgan fingerprint density at radius 3 is 2.29 bits per heavy atom. The number of benzene rings is 3. The van der Waals surface area contributed by atoms with Crippen molar-refractivity contribution in [3.63, 3.8) is 0 Å². The average molecular weight is 558 g/mol. The number of hydrogen-bond acceptors (Lipinski definition) is 7. The van der Waals surface area contributed by atoms with E-state index in [-0.39, 0.29) is 31.3 Å². The van der Waals surface area contributed by atoms with Crippen LogP contribution in [-0.4, -0.2) is 60.8 Å². The van der Waals surface area contributed by atoms with Gasteiger partial charge in [-0.3, -0.25) is 14.5 Å². The molecule has 1 heterocycles. The fraction of sp³-hybridized carbons (Fsp3) is 0.375. The number of carbonyl (C=O) groups excluding carboxylic acids is 3. The highest BCUT2D eigenvalue weighted by molar-refractivity contribution is 6.10. The molecule has 1 aliphatic heterocycles. The average Bonchev–Trinajstić information content (AvgIpc) is 2.95. The van der Waals surface area contributed by atoms with E-state index in [1.165, 1.54) is 4.90 Å². The predicted octanol–water partition coefficient (Wildman–Crippen LogP) is 5.70. The van der Waals surface area contributed by atoms with E-state index in [4.69, 9.17) is 14.2 Å². The quantitative estimate of drug-likeness (QED) is 0.343. The number of nitrogens with zero attached hydrogens (tertiary/aromatic N) is 3. The molecule has 1 saturated heterocycles. The zero-order valence-corrected chi connectivity index (χ0v) is 23.9. The van der Waals surface area contributed by atoms with Crippen LogP contribution >= 0.6 is 0 Å². The van der Waals surface area contributed by atoms with E-state index in [1.54, 1.807) is 60.4 Å². The summed E-state index contributed by atoms with van der Waals surface area (Å²) in [7, 11) is 0. The van der Waals surface area contributed by atoms with Gasteiger partial charge < -0.3 is 19.1 Å². The van der Waals surface area contributed by atoms with Gasteiger partial charge in [-0.2, -0.15) is 5.26 Å². The van der Waals surface area contributed by atoms with Crippen molar-refractivity contribution in [2.75, 3.05) is 31.1 Å². The van der Waals surface area contributed by atoms with Crippen LogP contribution in [0.1, 0.15) is 56.5 Å². The van der Waals surface area contributed by atoms with Gasteiger partial charge in [0.2, 0.25) is 0 Å². The second-order valence-corrected chi connectivity index (χ2v) is 10.9. The first kappa shape index (κ1) is 29.4. The molecule has 41 heavy (non-hydrogen) atoms. The van der Waals surface area contributed by atoms with E-state index in [9.17, 15) is 19.6 Å². The predicted molar refractivity (Wildman–Crippen MR) is 155 cm³/mol. The summed E-state index contributed by atoms with van der Waals surface area (Å²) < 4.78 is 16.7. The molecule has 0 aromatic heterocycles. The van der Waals surface area contributed by atoms with E-state index in [0.29, 0.717) is 48.5 Å². The Bertz CT molecular complexity index is 1450. The third-order valence-electron chi connectivity index (χ3n) is 6.60. The van der Waals surface area contributed by atoms with Crippen molar-refractivity contribution in [1.29, 1.82) is 5.26 Å². The van der Waals surface area contributed by atoms with Crippen molar-refractivity contribution < 1.29 is 28.6 Å². The van der Waals surface area contributed by atoms with Gasteiger partial charge in [0.15, 0.2) is 0 Å². The maximum atomic E-state index is 13.6. The van der Waals surface area contributed by atoms with Crippen molar-refractivity contribution in [3.05, 3.63) is 71.8 Å². The Labute approximate surface area is 240 Å². The fourth-order valence-corrected chi connectivity index (χ4v) is 4.60. The second kappa shape index (κ2) is 12.7. The van der Waals surface area contributed by atoms with Gasteiger partial charge in [0.25, 0.3) is 5.91 Å². The van der Waals surface area contributed by atoms with Crippen molar-refractivity contribution >= 4 is 34.4 Å². The Morgan fingerprint density at radius 1 is 0.976 bits per heavy atom. The zero-order chi connectivity index (χ0) is 29.6. The number of hydrogen-bond donors (Lipinski definition) is 0. The topological polar surface area (TPSA) is 109 Å². The van der Waals surface area contributed by atoms with Crippen LogP contribution in [0, 0.1) is 11.3 Å². The van der Waals surface area contributed by atoms with Gasteiger partial charge in [0, 0.05) is 37.2 Å². The van der Waals surface area contributed by atoms with Gasteiger partial charge in [0.05, 0.1) is 18.2 Å². The third-order valence-corrected chi connectivity index (χ3v) is 6.60. The highest BCUT2D eigenvalue weighted by Crippen LogP contribution is 2.26. The number of anilines is 1. The lowest BCUT2D eigenvalue weighted by Gasteiger charge is -2.33. The van der Waals surface area contributed by atoms with Crippen LogP contribution in [0.3, 0.4) is 0 Å². The molecule has 3 aromatic carbocycles. The van der Waals surface area contributed by atoms with Crippen molar-refractivity contribution in [2.45, 2.75) is 52.2 Å². The number of rotatable bonds is 7. The van der Waals surface area contributed by atoms with E-state index >= 15 is 0 Å². The van der Waals surface area contributed by atoms with Crippen molar-refractivity contribution in [3.8, 4) is 11.8 Å². The summed E-state index contributed by atoms with van der Waals surface area (Å²) in [5, 5.41) is 10.9. The molecular formula is C32H35N3O6. The molecule has 0 unspecified atom stereocenters. The lowest BCUT2D eigenvalue weighted by molar-refractivity contribution is -0.141. The number of nitriles is 1. The molecule has 0 bridgehead atoms. The number of amides is 2. The van der Waals surface area contributed by atoms with E-state index in [0.717, 1.165) is 10.8 Å². The van der Waals surface area contributed by atoms with Gasteiger partial charge in [-0.1, -0.05) is 12.1 Å². The van der Waals surface area contributed by atoms with Crippen LogP contribution < -0.4 is 9.64 Å². The first-order chi connectivity index (χ1) is 19.6. The molecule has 4 rings (SSSR count). The molecule has 1 aliphatic rings. The third kappa shape index (κ3) is 7.76. The lowest BCUT2D eigenvalue weighted by atomic mass is 10.0. The zero-order valence-electron chi connectivity index (χ0n) is 23.9. The van der Waals surface area contributed by atoms with Gasteiger partial charge in [0.1, 0.15) is 24.0 Å². The largest absolute Gasteiger partial charge is 0.490 e. The second-order valence-electron chi connectivity index (χ2n) is 10.9. The first-order valence-electron chi connectivity index (χ1n) is 13.7. The van der Waals surface area contributed by atoms with E-state index < -0.39 is 11.6 Å². The summed E-state index contributed by atoms with van der Waals surface area (Å²) in [6.45, 7) is 8.28. The Hall–Kier alpha value is -4.58. The summed E-state index contributed by atoms with van der Waals surface area (Å²) in [5.74, 6) is -0.265. The number of ether oxygens (including phenoxy) is 3. The molecule has 9 heteroatoms. The highest BCUT2D eigenvalue weighted by Gasteiger charge is 2.28. The van der Waals surface area contributed by atoms with Crippen LogP contribution in [0.5, 0.6) is 5.75 Å². The summed E-state index contributed by atoms with van der Waals surface area (Å²) in [6.07, 6.45) is 0.963. The van der Waals surface area contributed by atoms with Gasteiger partial charge in [-0.25, -0.2) is 4.79 Å². The summed E-state index contributed by atoms with van der Waals surface area (Å²) in [4.78, 5) is 41.5. The standard InChI is InChI=1S/C32H35N3O6/c1-5-39-29(36)21-35(30(37)24-9-8-23-7-6-22(20-33)18-25(23)19-24)26-10-12-27(13-11-26)40-28-14-16-34(17-15-28)31(38)41-32(2,3)4/h6-13,18-19,28H,5,14-17,21H2,1-4H3. The molecule has 0 radical (unpaired) electrons. The van der Waals surface area contributed by atoms with E-state index in [1.807, 2.05) is 32.9 Å². The molecule has 0 N–H and O–H groups in total. The molecule has 0 atom stereocenters. The monoisotopic (exact) mass is 557 g/mol. The Morgan fingerprint density at radius 2 is 1.66 bits per heavy atom. The highest BCUT2D eigenvalue weighted by atomic mass is 16.6. The minimum Gasteiger partial charge on any atom is -0.490 e.